The van der Waals surface area contributed by atoms with Gasteiger partial charge in [-0.1, -0.05) is 18.2 Å². The minimum Gasteiger partial charge on any atom is -0.383 e. The van der Waals surface area contributed by atoms with Crippen LogP contribution in [0.2, 0.25) is 0 Å². The molecule has 4 heteroatoms. The molecule has 19 heavy (non-hydrogen) atoms. The Hall–Kier alpha value is -1.94. The van der Waals surface area contributed by atoms with Crippen molar-refractivity contribution in [1.82, 2.24) is 9.97 Å². The zero-order valence-electron chi connectivity index (χ0n) is 11.2. The van der Waals surface area contributed by atoms with E-state index in [1.54, 1.807) is 11.3 Å². The van der Waals surface area contributed by atoms with Crippen LogP contribution in [0.5, 0.6) is 0 Å². The maximum Gasteiger partial charge on any atom is 0.136 e. The van der Waals surface area contributed by atoms with Gasteiger partial charge in [-0.15, -0.1) is 11.3 Å². The van der Waals surface area contributed by atoms with Gasteiger partial charge in [-0.25, -0.2) is 9.97 Å². The smallest absolute Gasteiger partial charge is 0.136 e. The highest BCUT2D eigenvalue weighted by Gasteiger charge is 2.15. The second-order valence-electron chi connectivity index (χ2n) is 4.77. The topological polar surface area (TPSA) is 51.8 Å². The van der Waals surface area contributed by atoms with Crippen LogP contribution < -0.4 is 5.73 Å². The van der Waals surface area contributed by atoms with Crippen LogP contribution in [0.4, 0.5) is 5.82 Å². The number of fused-ring (bicyclic) bond motifs is 1. The first-order chi connectivity index (χ1) is 9.08. The van der Waals surface area contributed by atoms with Crippen LogP contribution in [-0.4, -0.2) is 9.97 Å². The van der Waals surface area contributed by atoms with Gasteiger partial charge in [-0.3, -0.25) is 0 Å². The predicted octanol–water partition coefficient (Wildman–Crippen LogP) is 3.87. The van der Waals surface area contributed by atoms with Crippen molar-refractivity contribution in [2.45, 2.75) is 20.8 Å². The Labute approximate surface area is 116 Å². The van der Waals surface area contributed by atoms with E-state index in [0.717, 1.165) is 10.2 Å². The van der Waals surface area contributed by atoms with E-state index in [9.17, 15) is 0 Å². The van der Waals surface area contributed by atoms with Crippen LogP contribution in [0.1, 0.15) is 16.0 Å². The molecule has 0 unspecified atom stereocenters. The third-order valence-corrected chi connectivity index (χ3v) is 4.50. The normalized spacial score (nSPS) is 11.1. The number of hydrogen-bond donors (Lipinski definition) is 1. The minimum atomic E-state index is 0.558. The molecule has 0 amide bonds. The van der Waals surface area contributed by atoms with E-state index in [1.165, 1.54) is 33.5 Å². The number of aromatic nitrogens is 2. The van der Waals surface area contributed by atoms with Gasteiger partial charge < -0.3 is 5.73 Å². The molecule has 0 spiro atoms. The molecule has 1 aromatic carbocycles. The first kappa shape index (κ1) is 12.1. The molecular weight excluding hydrogens is 254 g/mol. The van der Waals surface area contributed by atoms with Gasteiger partial charge in [-0.05, 0) is 37.5 Å². The number of nitrogen functional groups attached to an aromatic ring is 1. The summed E-state index contributed by atoms with van der Waals surface area (Å²) in [7, 11) is 0. The summed E-state index contributed by atoms with van der Waals surface area (Å²) in [5.74, 6) is 0.558. The van der Waals surface area contributed by atoms with Crippen LogP contribution in [-0.2, 0) is 0 Å². The Kier molecular flexibility index (Phi) is 2.75. The lowest BCUT2D eigenvalue weighted by Crippen LogP contribution is -1.92. The largest absolute Gasteiger partial charge is 0.383 e. The molecule has 0 aliphatic carbocycles. The van der Waals surface area contributed by atoms with E-state index in [2.05, 4.69) is 48.9 Å². The number of benzene rings is 1. The molecule has 2 heterocycles. The highest BCUT2D eigenvalue weighted by Crippen LogP contribution is 2.39. The highest BCUT2D eigenvalue weighted by molar-refractivity contribution is 7.19. The van der Waals surface area contributed by atoms with E-state index < -0.39 is 0 Å². The molecule has 3 nitrogen and oxygen atoms in total. The predicted molar refractivity (Wildman–Crippen MR) is 81.5 cm³/mol. The third kappa shape index (κ3) is 1.88. The lowest BCUT2D eigenvalue weighted by molar-refractivity contribution is 1.24. The summed E-state index contributed by atoms with van der Waals surface area (Å²) in [6.45, 7) is 6.36. The molecule has 2 aromatic heterocycles. The maximum absolute atomic E-state index is 6.03. The SMILES string of the molecule is Cc1ccc(-c2c(C)sc3ncnc(N)c23)cc1C. The van der Waals surface area contributed by atoms with Gasteiger partial charge >= 0.3 is 0 Å². The molecule has 3 aromatic rings. The number of aryl methyl sites for hydroxylation is 3. The molecule has 0 radical (unpaired) electrons. The fourth-order valence-corrected chi connectivity index (χ4v) is 3.33. The van der Waals surface area contributed by atoms with Gasteiger partial charge in [0.05, 0.1) is 5.39 Å². The minimum absolute atomic E-state index is 0.558. The van der Waals surface area contributed by atoms with Gasteiger partial charge in [0.2, 0.25) is 0 Å². The number of rotatable bonds is 1. The number of nitrogens with zero attached hydrogens (tertiary/aromatic N) is 2. The number of hydrogen-bond acceptors (Lipinski definition) is 4. The van der Waals surface area contributed by atoms with Crippen molar-refractivity contribution in [3.05, 3.63) is 40.5 Å². The summed E-state index contributed by atoms with van der Waals surface area (Å²) in [6.07, 6.45) is 1.53. The van der Waals surface area contributed by atoms with E-state index in [-0.39, 0.29) is 0 Å². The van der Waals surface area contributed by atoms with Gasteiger partial charge in [0.15, 0.2) is 0 Å². The van der Waals surface area contributed by atoms with E-state index in [0.29, 0.717) is 5.82 Å². The molecule has 0 saturated carbocycles. The molecule has 0 bridgehead atoms. The van der Waals surface area contributed by atoms with Crippen molar-refractivity contribution in [3.8, 4) is 11.1 Å². The third-order valence-electron chi connectivity index (χ3n) is 3.49. The molecule has 0 fully saturated rings. The van der Waals surface area contributed by atoms with Gasteiger partial charge in [0, 0.05) is 10.4 Å². The van der Waals surface area contributed by atoms with Crippen molar-refractivity contribution in [2.75, 3.05) is 5.73 Å². The van der Waals surface area contributed by atoms with Crippen molar-refractivity contribution in [2.24, 2.45) is 0 Å². The van der Waals surface area contributed by atoms with E-state index in [1.807, 2.05) is 0 Å². The van der Waals surface area contributed by atoms with E-state index in [4.69, 9.17) is 5.73 Å². The van der Waals surface area contributed by atoms with E-state index >= 15 is 0 Å². The summed E-state index contributed by atoms with van der Waals surface area (Å²) in [5, 5.41) is 0.980. The quantitative estimate of drug-likeness (QED) is 0.729. The average molecular weight is 269 g/mol. The Bertz CT molecular complexity index is 774. The average Bonchev–Trinajstić information content (AvgIpc) is 2.70. The highest BCUT2D eigenvalue weighted by atomic mass is 32.1. The van der Waals surface area contributed by atoms with Gasteiger partial charge in [-0.2, -0.15) is 0 Å². The zero-order valence-corrected chi connectivity index (χ0v) is 12.0. The Morgan fingerprint density at radius 3 is 2.58 bits per heavy atom. The summed E-state index contributed by atoms with van der Waals surface area (Å²) in [6, 6.07) is 6.49. The molecule has 96 valence electrons. The van der Waals surface area contributed by atoms with Crippen molar-refractivity contribution >= 4 is 27.4 Å². The molecule has 0 aliphatic heterocycles. The molecule has 0 atom stereocenters. The summed E-state index contributed by atoms with van der Waals surface area (Å²) in [5.41, 5.74) is 11.0. The standard InChI is InChI=1S/C15H15N3S/c1-8-4-5-11(6-9(8)2)12-10(3)19-15-13(12)14(16)17-7-18-15/h4-7H,1-3H3,(H2,16,17,18). The lowest BCUT2D eigenvalue weighted by atomic mass is 9.99. The van der Waals surface area contributed by atoms with Crippen molar-refractivity contribution < 1.29 is 0 Å². The van der Waals surface area contributed by atoms with Crippen LogP contribution in [0, 0.1) is 20.8 Å². The molecule has 0 saturated heterocycles. The number of anilines is 1. The first-order valence-electron chi connectivity index (χ1n) is 6.15. The first-order valence-corrected chi connectivity index (χ1v) is 6.97. The second-order valence-corrected chi connectivity index (χ2v) is 5.97. The molecular formula is C15H15N3S. The van der Waals surface area contributed by atoms with Crippen LogP contribution in [0.25, 0.3) is 21.3 Å². The van der Waals surface area contributed by atoms with Crippen LogP contribution in [0.3, 0.4) is 0 Å². The van der Waals surface area contributed by atoms with Gasteiger partial charge in [0.1, 0.15) is 17.0 Å². The van der Waals surface area contributed by atoms with Crippen LogP contribution >= 0.6 is 11.3 Å². The molecule has 3 rings (SSSR count). The van der Waals surface area contributed by atoms with Gasteiger partial charge in [0.25, 0.3) is 0 Å². The van der Waals surface area contributed by atoms with Crippen molar-refractivity contribution in [3.63, 3.8) is 0 Å². The molecule has 0 aliphatic rings. The Morgan fingerprint density at radius 2 is 1.84 bits per heavy atom. The second kappa shape index (κ2) is 4.31. The maximum atomic E-state index is 6.03. The summed E-state index contributed by atoms with van der Waals surface area (Å²) < 4.78 is 0. The summed E-state index contributed by atoms with van der Waals surface area (Å²) >= 11 is 1.67. The lowest BCUT2D eigenvalue weighted by Gasteiger charge is -2.06. The van der Waals surface area contributed by atoms with Crippen LogP contribution in [0.15, 0.2) is 24.5 Å². The zero-order chi connectivity index (χ0) is 13.6. The Morgan fingerprint density at radius 1 is 1.05 bits per heavy atom. The fourth-order valence-electron chi connectivity index (χ4n) is 2.31. The number of thiophene rings is 1. The Balaban J connectivity index is 2.35. The number of nitrogens with two attached hydrogens (primary N) is 1. The summed E-state index contributed by atoms with van der Waals surface area (Å²) in [4.78, 5) is 10.6. The monoisotopic (exact) mass is 269 g/mol. The fraction of sp³-hybridized carbons (Fsp3) is 0.200. The molecule has 2 N–H and O–H groups in total. The van der Waals surface area contributed by atoms with Crippen molar-refractivity contribution in [1.29, 1.82) is 0 Å².